The fraction of sp³-hybridized carbons (Fsp3) is 1.00. The Kier molecular flexibility index (Phi) is 13.8. The molecule has 1 aliphatic rings. The molecule has 0 atom stereocenters. The van der Waals surface area contributed by atoms with Crippen molar-refractivity contribution in [2.45, 2.75) is 59.8 Å². The largest absolute Gasteiger partial charge is 0.330 e. The molecule has 0 unspecified atom stereocenters. The maximum Gasteiger partial charge on any atom is 0.0107 e. The Bertz CT molecular complexity index is 187. The smallest absolute Gasteiger partial charge is 0.0107 e. The Labute approximate surface area is 127 Å². The Morgan fingerprint density at radius 1 is 0.900 bits per heavy atom. The quantitative estimate of drug-likeness (QED) is 0.673. The summed E-state index contributed by atoms with van der Waals surface area (Å²) < 4.78 is 0. The van der Waals surface area contributed by atoms with Crippen molar-refractivity contribution < 1.29 is 0 Å². The molecular weight excluding hydrogens is 246 g/mol. The van der Waals surface area contributed by atoms with E-state index in [1.165, 1.54) is 64.8 Å². The molecule has 1 fully saturated rings. The van der Waals surface area contributed by atoms with Gasteiger partial charge in [-0.25, -0.2) is 0 Å². The highest BCUT2D eigenvalue weighted by Gasteiger charge is 2.08. The van der Waals surface area contributed by atoms with Crippen molar-refractivity contribution in [2.75, 3.05) is 39.3 Å². The van der Waals surface area contributed by atoms with Gasteiger partial charge in [0.15, 0.2) is 0 Å². The maximum atomic E-state index is 5.31. The fourth-order valence-corrected chi connectivity index (χ4v) is 2.35. The van der Waals surface area contributed by atoms with Gasteiger partial charge in [-0.3, -0.25) is 0 Å². The standard InChI is InChI=1S/C10H22N2.C7H17N/c1-10(2)4-3-7-12-8-5-11-6-9-12;1-7(2)5-3-4-6-8/h10-11H,3-9H2,1-2H3;7H,3-6,8H2,1-2H3. The zero-order valence-electron chi connectivity index (χ0n) is 14.5. The van der Waals surface area contributed by atoms with Crippen LogP contribution in [0.4, 0.5) is 0 Å². The van der Waals surface area contributed by atoms with Crippen LogP contribution in [0.2, 0.25) is 0 Å². The van der Waals surface area contributed by atoms with Crippen molar-refractivity contribution in [1.82, 2.24) is 10.2 Å². The van der Waals surface area contributed by atoms with Crippen LogP contribution in [0.3, 0.4) is 0 Å². The maximum absolute atomic E-state index is 5.31. The number of hydrogen-bond donors (Lipinski definition) is 2. The second kappa shape index (κ2) is 13.8. The monoisotopic (exact) mass is 285 g/mol. The average Bonchev–Trinajstić information content (AvgIpc) is 2.40. The highest BCUT2D eigenvalue weighted by molar-refractivity contribution is 4.67. The summed E-state index contributed by atoms with van der Waals surface area (Å²) in [6.45, 7) is 16.1. The number of unbranched alkanes of at least 4 members (excludes halogenated alkanes) is 1. The van der Waals surface area contributed by atoms with Gasteiger partial charge in [0.05, 0.1) is 0 Å². The van der Waals surface area contributed by atoms with Crippen LogP contribution in [0.5, 0.6) is 0 Å². The van der Waals surface area contributed by atoms with Crippen LogP contribution in [0, 0.1) is 11.8 Å². The molecule has 3 nitrogen and oxygen atoms in total. The van der Waals surface area contributed by atoms with Crippen LogP contribution >= 0.6 is 0 Å². The van der Waals surface area contributed by atoms with Crippen molar-refractivity contribution in [3.05, 3.63) is 0 Å². The molecule has 3 heteroatoms. The van der Waals surface area contributed by atoms with Crippen LogP contribution in [0.15, 0.2) is 0 Å². The number of nitrogens with one attached hydrogen (secondary N) is 1. The number of piperazine rings is 1. The van der Waals surface area contributed by atoms with Gasteiger partial charge in [-0.1, -0.05) is 40.5 Å². The van der Waals surface area contributed by atoms with Gasteiger partial charge in [0.1, 0.15) is 0 Å². The van der Waals surface area contributed by atoms with Crippen molar-refractivity contribution >= 4 is 0 Å². The Hall–Kier alpha value is -0.120. The lowest BCUT2D eigenvalue weighted by atomic mass is 10.1. The van der Waals surface area contributed by atoms with Crippen molar-refractivity contribution in [2.24, 2.45) is 17.6 Å². The first kappa shape index (κ1) is 19.9. The fourth-order valence-electron chi connectivity index (χ4n) is 2.35. The molecule has 0 saturated carbocycles. The third kappa shape index (κ3) is 14.3. The summed E-state index contributed by atoms with van der Waals surface area (Å²) in [5, 5.41) is 3.37. The lowest BCUT2D eigenvalue weighted by Gasteiger charge is -2.27. The molecule has 0 spiro atoms. The SMILES string of the molecule is CC(C)CCCCN.CC(C)CCCN1CCNCC1. The number of rotatable bonds is 8. The molecule has 0 aliphatic carbocycles. The van der Waals surface area contributed by atoms with Crippen LogP contribution in [0.1, 0.15) is 59.8 Å². The second-order valence-electron chi connectivity index (χ2n) is 6.81. The second-order valence-corrected chi connectivity index (χ2v) is 6.81. The zero-order valence-corrected chi connectivity index (χ0v) is 14.5. The highest BCUT2D eigenvalue weighted by Crippen LogP contribution is 2.05. The van der Waals surface area contributed by atoms with Crippen molar-refractivity contribution in [3.63, 3.8) is 0 Å². The van der Waals surface area contributed by atoms with E-state index in [-0.39, 0.29) is 0 Å². The molecule has 0 aromatic carbocycles. The lowest BCUT2D eigenvalue weighted by molar-refractivity contribution is 0.233. The summed E-state index contributed by atoms with van der Waals surface area (Å²) in [7, 11) is 0. The molecular formula is C17H39N3. The Balaban J connectivity index is 0.000000396. The summed E-state index contributed by atoms with van der Waals surface area (Å²) in [6.07, 6.45) is 6.57. The van der Waals surface area contributed by atoms with Gasteiger partial charge in [-0.15, -0.1) is 0 Å². The van der Waals surface area contributed by atoms with Gasteiger partial charge >= 0.3 is 0 Å². The molecule has 0 bridgehead atoms. The Morgan fingerprint density at radius 2 is 1.45 bits per heavy atom. The number of hydrogen-bond acceptors (Lipinski definition) is 3. The van der Waals surface area contributed by atoms with E-state index in [0.717, 1.165) is 18.4 Å². The Morgan fingerprint density at radius 3 is 1.95 bits per heavy atom. The van der Waals surface area contributed by atoms with Crippen LogP contribution < -0.4 is 11.1 Å². The summed E-state index contributed by atoms with van der Waals surface area (Å²) >= 11 is 0. The first-order valence-electron chi connectivity index (χ1n) is 8.69. The normalized spacial score (nSPS) is 16.4. The summed E-state index contributed by atoms with van der Waals surface area (Å²) in [4.78, 5) is 2.57. The minimum Gasteiger partial charge on any atom is -0.330 e. The van der Waals surface area contributed by atoms with E-state index >= 15 is 0 Å². The minimum absolute atomic E-state index is 0.849. The van der Waals surface area contributed by atoms with E-state index in [2.05, 4.69) is 37.9 Å². The predicted octanol–water partition coefficient (Wildman–Crippen LogP) is 3.10. The molecule has 0 radical (unpaired) electrons. The summed E-state index contributed by atoms with van der Waals surface area (Å²) in [6, 6.07) is 0. The molecule has 3 N–H and O–H groups in total. The summed E-state index contributed by atoms with van der Waals surface area (Å²) in [5.74, 6) is 1.72. The van der Waals surface area contributed by atoms with E-state index in [4.69, 9.17) is 5.73 Å². The van der Waals surface area contributed by atoms with E-state index in [1.807, 2.05) is 0 Å². The zero-order chi connectivity index (χ0) is 15.2. The topological polar surface area (TPSA) is 41.3 Å². The van der Waals surface area contributed by atoms with Crippen LogP contribution in [0.25, 0.3) is 0 Å². The van der Waals surface area contributed by atoms with Gasteiger partial charge in [0, 0.05) is 26.2 Å². The van der Waals surface area contributed by atoms with Gasteiger partial charge in [0.25, 0.3) is 0 Å². The van der Waals surface area contributed by atoms with Crippen LogP contribution in [-0.2, 0) is 0 Å². The molecule has 122 valence electrons. The van der Waals surface area contributed by atoms with E-state index in [9.17, 15) is 0 Å². The van der Waals surface area contributed by atoms with Gasteiger partial charge in [-0.05, 0) is 44.2 Å². The molecule has 20 heavy (non-hydrogen) atoms. The van der Waals surface area contributed by atoms with E-state index < -0.39 is 0 Å². The number of nitrogens with zero attached hydrogens (tertiary/aromatic N) is 1. The van der Waals surface area contributed by atoms with Crippen molar-refractivity contribution in [3.8, 4) is 0 Å². The lowest BCUT2D eigenvalue weighted by Crippen LogP contribution is -2.43. The van der Waals surface area contributed by atoms with E-state index in [0.29, 0.717) is 0 Å². The highest BCUT2D eigenvalue weighted by atomic mass is 15.2. The van der Waals surface area contributed by atoms with Crippen molar-refractivity contribution in [1.29, 1.82) is 0 Å². The molecule has 1 aliphatic heterocycles. The average molecular weight is 286 g/mol. The first-order chi connectivity index (χ1) is 9.56. The minimum atomic E-state index is 0.849. The third-order valence-electron chi connectivity index (χ3n) is 3.70. The van der Waals surface area contributed by atoms with E-state index in [1.54, 1.807) is 0 Å². The first-order valence-corrected chi connectivity index (χ1v) is 8.69. The summed E-state index contributed by atoms with van der Waals surface area (Å²) in [5.41, 5.74) is 5.31. The van der Waals surface area contributed by atoms with Gasteiger partial charge in [-0.2, -0.15) is 0 Å². The molecule has 1 saturated heterocycles. The van der Waals surface area contributed by atoms with Gasteiger partial charge < -0.3 is 16.0 Å². The third-order valence-corrected chi connectivity index (χ3v) is 3.70. The molecule has 0 aromatic rings. The van der Waals surface area contributed by atoms with Crippen LogP contribution in [-0.4, -0.2) is 44.2 Å². The predicted molar refractivity (Wildman–Crippen MR) is 91.1 cm³/mol. The van der Waals surface area contributed by atoms with Gasteiger partial charge in [0.2, 0.25) is 0 Å². The molecule has 1 rings (SSSR count). The molecule has 0 aromatic heterocycles. The molecule has 1 heterocycles. The molecule has 0 amide bonds. The number of nitrogens with two attached hydrogens (primary N) is 1.